The number of hydrogen-bond acceptors (Lipinski definition) is 7. The first-order valence-electron chi connectivity index (χ1n) is 11.4. The van der Waals surface area contributed by atoms with Crippen molar-refractivity contribution in [3.05, 3.63) is 71.3 Å². The summed E-state index contributed by atoms with van der Waals surface area (Å²) in [5.41, 5.74) is 2.33. The van der Waals surface area contributed by atoms with Crippen molar-refractivity contribution in [3.63, 3.8) is 0 Å². The Bertz CT molecular complexity index is 1150. The molecule has 1 amide bonds. The molecular weight excluding hydrogens is 462 g/mol. The van der Waals surface area contributed by atoms with Gasteiger partial charge in [0.15, 0.2) is 23.0 Å². The third kappa shape index (κ3) is 5.94. The molecule has 0 spiro atoms. The molecule has 0 N–H and O–H groups in total. The lowest BCUT2D eigenvalue weighted by atomic mass is 10.1. The van der Waals surface area contributed by atoms with Gasteiger partial charge in [-0.05, 0) is 42.3 Å². The highest BCUT2D eigenvalue weighted by molar-refractivity contribution is 5.95. The molecule has 3 rings (SSSR count). The number of ether oxygens (including phenoxy) is 6. The number of hydrogen-bond donors (Lipinski definition) is 0. The second-order valence-corrected chi connectivity index (χ2v) is 7.89. The molecule has 3 aromatic rings. The smallest absolute Gasteiger partial charge is 0.254 e. The second-order valence-electron chi connectivity index (χ2n) is 7.89. The minimum absolute atomic E-state index is 0.180. The fraction of sp³-hybridized carbons (Fsp3) is 0.321. The molecule has 0 heterocycles. The van der Waals surface area contributed by atoms with Gasteiger partial charge in [0.2, 0.25) is 5.75 Å². The van der Waals surface area contributed by atoms with Gasteiger partial charge in [0.25, 0.3) is 5.91 Å². The molecule has 192 valence electrons. The van der Waals surface area contributed by atoms with E-state index in [1.807, 2.05) is 42.5 Å². The van der Waals surface area contributed by atoms with Gasteiger partial charge in [0.05, 0.1) is 42.7 Å². The van der Waals surface area contributed by atoms with Gasteiger partial charge >= 0.3 is 0 Å². The van der Waals surface area contributed by atoms with Crippen LogP contribution in [0.25, 0.3) is 0 Å². The van der Waals surface area contributed by atoms with Crippen molar-refractivity contribution in [3.8, 4) is 34.5 Å². The summed E-state index contributed by atoms with van der Waals surface area (Å²) in [6.45, 7) is 0.801. The van der Waals surface area contributed by atoms with E-state index in [4.69, 9.17) is 28.4 Å². The Morgan fingerprint density at radius 1 is 0.667 bits per heavy atom. The first-order valence-corrected chi connectivity index (χ1v) is 11.4. The molecule has 0 bridgehead atoms. The third-order valence-corrected chi connectivity index (χ3v) is 5.87. The van der Waals surface area contributed by atoms with Crippen LogP contribution in [0.15, 0.2) is 54.6 Å². The Labute approximate surface area is 212 Å². The Balaban J connectivity index is 1.96. The summed E-state index contributed by atoms with van der Waals surface area (Å²) in [5, 5.41) is 0. The molecule has 0 fully saturated rings. The van der Waals surface area contributed by atoms with Gasteiger partial charge in [0, 0.05) is 24.2 Å². The van der Waals surface area contributed by atoms with E-state index in [1.54, 1.807) is 38.4 Å². The minimum Gasteiger partial charge on any atom is -0.496 e. The lowest BCUT2D eigenvalue weighted by molar-refractivity contribution is 0.0743. The summed E-state index contributed by atoms with van der Waals surface area (Å²) in [6, 6.07) is 16.7. The molecule has 8 nitrogen and oxygen atoms in total. The van der Waals surface area contributed by atoms with Gasteiger partial charge in [0.1, 0.15) is 5.75 Å². The standard InChI is InChI=1S/C28H33NO7/c1-31-22-10-8-7-9-20(22)18-29(14-13-19-11-12-23(32-2)24(15-19)33-3)28(30)21-16-25(34-4)27(36-6)26(17-21)35-5/h7-12,15-17H,13-14,18H2,1-6H3. The van der Waals surface area contributed by atoms with Crippen LogP contribution < -0.4 is 28.4 Å². The van der Waals surface area contributed by atoms with Gasteiger partial charge in [-0.15, -0.1) is 0 Å². The fourth-order valence-electron chi connectivity index (χ4n) is 3.98. The fourth-order valence-corrected chi connectivity index (χ4v) is 3.98. The van der Waals surface area contributed by atoms with Crippen molar-refractivity contribution < 1.29 is 33.2 Å². The monoisotopic (exact) mass is 495 g/mol. The number of carbonyl (C=O) groups is 1. The molecule has 0 atom stereocenters. The Morgan fingerprint density at radius 3 is 1.86 bits per heavy atom. The Morgan fingerprint density at radius 2 is 1.28 bits per heavy atom. The average Bonchev–Trinajstić information content (AvgIpc) is 2.93. The molecule has 0 unspecified atom stereocenters. The largest absolute Gasteiger partial charge is 0.496 e. The topological polar surface area (TPSA) is 75.7 Å². The van der Waals surface area contributed by atoms with E-state index < -0.39 is 0 Å². The molecule has 0 saturated heterocycles. The van der Waals surface area contributed by atoms with Crippen LogP contribution >= 0.6 is 0 Å². The Kier molecular flexibility index (Phi) is 9.27. The van der Waals surface area contributed by atoms with Crippen LogP contribution in [-0.2, 0) is 13.0 Å². The van der Waals surface area contributed by atoms with Crippen molar-refractivity contribution in [1.82, 2.24) is 4.90 Å². The van der Waals surface area contributed by atoms with Crippen molar-refractivity contribution in [2.45, 2.75) is 13.0 Å². The van der Waals surface area contributed by atoms with Crippen LogP contribution in [0, 0.1) is 0 Å². The summed E-state index contributed by atoms with van der Waals surface area (Å²) in [7, 11) is 9.39. The van der Waals surface area contributed by atoms with E-state index in [2.05, 4.69) is 0 Å². The van der Waals surface area contributed by atoms with Gasteiger partial charge in [-0.3, -0.25) is 4.79 Å². The van der Waals surface area contributed by atoms with E-state index in [0.29, 0.717) is 59.6 Å². The zero-order valence-electron chi connectivity index (χ0n) is 21.6. The summed E-state index contributed by atoms with van der Waals surface area (Å²) in [5.74, 6) is 3.09. The highest BCUT2D eigenvalue weighted by Gasteiger charge is 2.22. The maximum Gasteiger partial charge on any atom is 0.254 e. The summed E-state index contributed by atoms with van der Waals surface area (Å²) in [4.78, 5) is 15.6. The maximum atomic E-state index is 13.8. The van der Waals surface area contributed by atoms with Gasteiger partial charge in [-0.2, -0.15) is 0 Å². The van der Waals surface area contributed by atoms with E-state index >= 15 is 0 Å². The predicted octanol–water partition coefficient (Wildman–Crippen LogP) is 4.62. The van der Waals surface area contributed by atoms with Crippen LogP contribution in [0.3, 0.4) is 0 Å². The summed E-state index contributed by atoms with van der Waals surface area (Å²) < 4.78 is 32.6. The van der Waals surface area contributed by atoms with E-state index in [9.17, 15) is 4.79 Å². The molecule has 3 aromatic carbocycles. The quantitative estimate of drug-likeness (QED) is 0.363. The molecule has 0 saturated carbocycles. The van der Waals surface area contributed by atoms with Crippen LogP contribution in [0.1, 0.15) is 21.5 Å². The van der Waals surface area contributed by atoms with Crippen molar-refractivity contribution >= 4 is 5.91 Å². The molecule has 36 heavy (non-hydrogen) atoms. The highest BCUT2D eigenvalue weighted by Crippen LogP contribution is 2.38. The number of carbonyl (C=O) groups excluding carboxylic acids is 1. The first kappa shape index (κ1) is 26.5. The normalized spacial score (nSPS) is 10.4. The predicted molar refractivity (Wildman–Crippen MR) is 137 cm³/mol. The molecular formula is C28H33NO7. The number of benzene rings is 3. The van der Waals surface area contributed by atoms with Crippen LogP contribution in [-0.4, -0.2) is 60.0 Å². The zero-order valence-corrected chi connectivity index (χ0v) is 21.6. The van der Waals surface area contributed by atoms with Crippen LogP contribution in [0.2, 0.25) is 0 Å². The van der Waals surface area contributed by atoms with E-state index in [1.165, 1.54) is 21.3 Å². The average molecular weight is 496 g/mol. The minimum atomic E-state index is -0.180. The van der Waals surface area contributed by atoms with Gasteiger partial charge in [-0.25, -0.2) is 0 Å². The van der Waals surface area contributed by atoms with Crippen LogP contribution in [0.4, 0.5) is 0 Å². The van der Waals surface area contributed by atoms with Crippen molar-refractivity contribution in [2.75, 3.05) is 49.2 Å². The van der Waals surface area contributed by atoms with Gasteiger partial charge < -0.3 is 33.3 Å². The van der Waals surface area contributed by atoms with Crippen LogP contribution in [0.5, 0.6) is 34.5 Å². The van der Waals surface area contributed by atoms with Gasteiger partial charge in [-0.1, -0.05) is 24.3 Å². The number of para-hydroxylation sites is 1. The number of amides is 1. The number of nitrogens with zero attached hydrogens (tertiary/aromatic N) is 1. The highest BCUT2D eigenvalue weighted by atomic mass is 16.5. The molecule has 0 radical (unpaired) electrons. The molecule has 0 aromatic heterocycles. The third-order valence-electron chi connectivity index (χ3n) is 5.87. The number of methoxy groups -OCH3 is 6. The summed E-state index contributed by atoms with van der Waals surface area (Å²) >= 11 is 0. The lowest BCUT2D eigenvalue weighted by Gasteiger charge is -2.25. The van der Waals surface area contributed by atoms with Crippen molar-refractivity contribution in [2.24, 2.45) is 0 Å². The lowest BCUT2D eigenvalue weighted by Crippen LogP contribution is -2.32. The number of rotatable bonds is 12. The van der Waals surface area contributed by atoms with Crippen molar-refractivity contribution in [1.29, 1.82) is 0 Å². The zero-order chi connectivity index (χ0) is 26.1. The molecule has 0 aliphatic carbocycles. The maximum absolute atomic E-state index is 13.8. The molecule has 0 aliphatic heterocycles. The second kappa shape index (κ2) is 12.6. The van der Waals surface area contributed by atoms with E-state index in [0.717, 1.165) is 11.1 Å². The van der Waals surface area contributed by atoms with E-state index in [-0.39, 0.29) is 5.91 Å². The summed E-state index contributed by atoms with van der Waals surface area (Å²) in [6.07, 6.45) is 0.603. The first-order chi connectivity index (χ1) is 17.5. The molecule has 8 heteroatoms. The molecule has 0 aliphatic rings. The SMILES string of the molecule is COc1ccccc1CN(CCc1ccc(OC)c(OC)c1)C(=O)c1cc(OC)c(OC)c(OC)c1. The Hall–Kier alpha value is -4.07.